The summed E-state index contributed by atoms with van der Waals surface area (Å²) in [5.41, 5.74) is -4.70. The Morgan fingerprint density at radius 1 is 0.500 bits per heavy atom. The highest BCUT2D eigenvalue weighted by atomic mass is 16.4. The molecule has 5 aliphatic carbocycles. The van der Waals surface area contributed by atoms with Crippen LogP contribution >= 0.6 is 0 Å². The SMILES string of the molecule is O[C@@]12CC[C@@]3(O)C[C@]1(O)CC[C@@]3(O)C2. The van der Waals surface area contributed by atoms with Gasteiger partial charge in [-0.05, 0) is 25.7 Å². The molecular formula is C10H16O4. The van der Waals surface area contributed by atoms with Crippen LogP contribution < -0.4 is 0 Å². The first kappa shape index (κ1) is 9.09. The molecule has 5 aliphatic rings. The molecule has 4 heteroatoms. The molecule has 4 bridgehead atoms. The first-order valence-corrected chi connectivity index (χ1v) is 5.22. The predicted octanol–water partition coefficient (Wildman–Crippen LogP) is -0.708. The van der Waals surface area contributed by atoms with Gasteiger partial charge in [0.1, 0.15) is 0 Å². The second-order valence-electron chi connectivity index (χ2n) is 5.48. The van der Waals surface area contributed by atoms with Crippen molar-refractivity contribution in [3.05, 3.63) is 0 Å². The Labute approximate surface area is 82.2 Å². The monoisotopic (exact) mass is 200 g/mol. The maximum atomic E-state index is 10.2. The summed E-state index contributed by atoms with van der Waals surface area (Å²) in [5, 5.41) is 40.9. The van der Waals surface area contributed by atoms with Gasteiger partial charge in [0.25, 0.3) is 0 Å². The van der Waals surface area contributed by atoms with Gasteiger partial charge in [0.15, 0.2) is 0 Å². The minimum absolute atomic E-state index is 0.118. The number of hydrogen-bond donors (Lipinski definition) is 4. The summed E-state index contributed by atoms with van der Waals surface area (Å²) in [6, 6.07) is 0. The summed E-state index contributed by atoms with van der Waals surface area (Å²) >= 11 is 0. The molecule has 5 rings (SSSR count). The van der Waals surface area contributed by atoms with Crippen molar-refractivity contribution in [2.75, 3.05) is 0 Å². The molecule has 0 saturated heterocycles. The molecule has 0 heterocycles. The van der Waals surface area contributed by atoms with Gasteiger partial charge in [0.05, 0.1) is 22.4 Å². The van der Waals surface area contributed by atoms with Crippen LogP contribution in [0, 0.1) is 0 Å². The highest BCUT2D eigenvalue weighted by Crippen LogP contribution is 2.63. The molecule has 0 aliphatic heterocycles. The van der Waals surface area contributed by atoms with Crippen LogP contribution in [0.4, 0.5) is 0 Å². The highest BCUT2D eigenvalue weighted by Gasteiger charge is 2.74. The second-order valence-corrected chi connectivity index (χ2v) is 5.48. The van der Waals surface area contributed by atoms with Gasteiger partial charge in [-0.1, -0.05) is 0 Å². The number of hydrogen-bond acceptors (Lipinski definition) is 4. The minimum Gasteiger partial charge on any atom is -0.387 e. The van der Waals surface area contributed by atoms with E-state index in [0.29, 0.717) is 25.7 Å². The largest absolute Gasteiger partial charge is 0.387 e. The maximum absolute atomic E-state index is 10.2. The molecule has 5 fully saturated rings. The third-order valence-corrected chi connectivity index (χ3v) is 4.81. The van der Waals surface area contributed by atoms with Crippen LogP contribution in [0.25, 0.3) is 0 Å². The Kier molecular flexibility index (Phi) is 1.31. The molecule has 80 valence electrons. The normalized spacial score (nSPS) is 66.0. The van der Waals surface area contributed by atoms with E-state index >= 15 is 0 Å². The highest BCUT2D eigenvalue weighted by molar-refractivity contribution is 5.26. The van der Waals surface area contributed by atoms with Gasteiger partial charge in [0, 0.05) is 12.8 Å². The summed E-state index contributed by atoms with van der Waals surface area (Å²) in [5.74, 6) is 0. The van der Waals surface area contributed by atoms with E-state index in [2.05, 4.69) is 0 Å². The van der Waals surface area contributed by atoms with E-state index in [1.807, 2.05) is 0 Å². The lowest BCUT2D eigenvalue weighted by Crippen LogP contribution is -2.80. The quantitative estimate of drug-likeness (QED) is 0.416. The van der Waals surface area contributed by atoms with Crippen molar-refractivity contribution in [1.29, 1.82) is 0 Å². The fourth-order valence-corrected chi connectivity index (χ4v) is 3.74. The van der Waals surface area contributed by atoms with Crippen molar-refractivity contribution in [1.82, 2.24) is 0 Å². The maximum Gasteiger partial charge on any atom is 0.0964 e. The minimum atomic E-state index is -1.18. The third kappa shape index (κ3) is 0.724. The lowest BCUT2D eigenvalue weighted by Gasteiger charge is -2.68. The van der Waals surface area contributed by atoms with Gasteiger partial charge >= 0.3 is 0 Å². The Balaban J connectivity index is 2.14. The number of rotatable bonds is 0. The molecule has 5 saturated carbocycles. The van der Waals surface area contributed by atoms with Crippen molar-refractivity contribution in [2.45, 2.75) is 60.9 Å². The van der Waals surface area contributed by atoms with E-state index in [1.165, 1.54) is 0 Å². The van der Waals surface area contributed by atoms with Crippen molar-refractivity contribution >= 4 is 0 Å². The van der Waals surface area contributed by atoms with Gasteiger partial charge < -0.3 is 20.4 Å². The van der Waals surface area contributed by atoms with E-state index in [1.54, 1.807) is 0 Å². The second kappa shape index (κ2) is 2.02. The Morgan fingerprint density at radius 3 is 0.929 bits per heavy atom. The molecule has 0 unspecified atom stereocenters. The number of aliphatic hydroxyl groups is 4. The van der Waals surface area contributed by atoms with Gasteiger partial charge in [-0.2, -0.15) is 0 Å². The molecule has 0 aromatic carbocycles. The van der Waals surface area contributed by atoms with E-state index < -0.39 is 22.4 Å². The topological polar surface area (TPSA) is 80.9 Å². The standard InChI is InChI=1S/C10H16O4/c11-7-1-2-8(12)6-9(7,13)3-4-10(8,14)5-7/h11-14H,1-6H2/t7-,8-,9-,10-/m1/s1. The van der Waals surface area contributed by atoms with Crippen molar-refractivity contribution in [3.8, 4) is 0 Å². The fourth-order valence-electron chi connectivity index (χ4n) is 3.74. The zero-order valence-corrected chi connectivity index (χ0v) is 8.03. The lowest BCUT2D eigenvalue weighted by molar-refractivity contribution is -0.354. The zero-order valence-electron chi connectivity index (χ0n) is 8.03. The van der Waals surface area contributed by atoms with Crippen LogP contribution in [0.15, 0.2) is 0 Å². The van der Waals surface area contributed by atoms with Crippen LogP contribution in [0.2, 0.25) is 0 Å². The summed E-state index contributed by atoms with van der Waals surface area (Å²) < 4.78 is 0. The van der Waals surface area contributed by atoms with Crippen LogP contribution in [-0.4, -0.2) is 42.8 Å². The third-order valence-electron chi connectivity index (χ3n) is 4.81. The Hall–Kier alpha value is -0.160. The average molecular weight is 200 g/mol. The molecule has 14 heavy (non-hydrogen) atoms. The molecule has 0 spiro atoms. The molecular weight excluding hydrogens is 184 g/mol. The van der Waals surface area contributed by atoms with E-state index in [0.717, 1.165) is 0 Å². The fraction of sp³-hybridized carbons (Fsp3) is 1.00. The van der Waals surface area contributed by atoms with Crippen molar-refractivity contribution in [2.24, 2.45) is 0 Å². The Morgan fingerprint density at radius 2 is 0.714 bits per heavy atom. The van der Waals surface area contributed by atoms with Crippen molar-refractivity contribution < 1.29 is 20.4 Å². The van der Waals surface area contributed by atoms with Gasteiger partial charge in [-0.25, -0.2) is 0 Å². The summed E-state index contributed by atoms with van der Waals surface area (Å²) in [7, 11) is 0. The van der Waals surface area contributed by atoms with Crippen LogP contribution in [0.3, 0.4) is 0 Å². The van der Waals surface area contributed by atoms with E-state index in [4.69, 9.17) is 0 Å². The first-order valence-electron chi connectivity index (χ1n) is 5.22. The summed E-state index contributed by atoms with van der Waals surface area (Å²) in [6.45, 7) is 0. The lowest BCUT2D eigenvalue weighted by atomic mass is 9.44. The molecule has 4 nitrogen and oxygen atoms in total. The molecule has 0 aromatic heterocycles. The van der Waals surface area contributed by atoms with Gasteiger partial charge in [0.2, 0.25) is 0 Å². The summed E-state index contributed by atoms with van der Waals surface area (Å²) in [4.78, 5) is 0. The molecule has 4 atom stereocenters. The van der Waals surface area contributed by atoms with Gasteiger partial charge in [-0.15, -0.1) is 0 Å². The zero-order chi connectivity index (χ0) is 10.2. The first-order chi connectivity index (χ1) is 6.33. The molecule has 0 radical (unpaired) electrons. The van der Waals surface area contributed by atoms with Crippen LogP contribution in [0.5, 0.6) is 0 Å². The molecule has 4 N–H and O–H groups in total. The van der Waals surface area contributed by atoms with E-state index in [-0.39, 0.29) is 12.8 Å². The smallest absolute Gasteiger partial charge is 0.0964 e. The van der Waals surface area contributed by atoms with Crippen molar-refractivity contribution in [3.63, 3.8) is 0 Å². The van der Waals surface area contributed by atoms with Gasteiger partial charge in [-0.3, -0.25) is 0 Å². The van der Waals surface area contributed by atoms with Crippen LogP contribution in [-0.2, 0) is 0 Å². The summed E-state index contributed by atoms with van der Waals surface area (Å²) in [6.07, 6.45) is 1.80. The molecule has 0 amide bonds. The van der Waals surface area contributed by atoms with Crippen LogP contribution in [0.1, 0.15) is 38.5 Å². The average Bonchev–Trinajstić information content (AvgIpc) is 2.06. The number of fused-ring (bicyclic) bond motifs is 2. The molecule has 0 aromatic rings. The predicted molar refractivity (Wildman–Crippen MR) is 47.5 cm³/mol. The van der Waals surface area contributed by atoms with E-state index in [9.17, 15) is 20.4 Å². The Bertz CT molecular complexity index is 248.